The first-order chi connectivity index (χ1) is 13.2. The van der Waals surface area contributed by atoms with E-state index in [0.717, 1.165) is 43.8 Å². The predicted octanol–water partition coefficient (Wildman–Crippen LogP) is 4.05. The zero-order valence-electron chi connectivity index (χ0n) is 15.6. The molecule has 4 nitrogen and oxygen atoms in total. The second-order valence-electron chi connectivity index (χ2n) is 7.12. The van der Waals surface area contributed by atoms with Crippen LogP contribution >= 0.6 is 11.3 Å². The van der Waals surface area contributed by atoms with Crippen molar-refractivity contribution in [3.8, 4) is 0 Å². The van der Waals surface area contributed by atoms with Gasteiger partial charge in [-0.1, -0.05) is 36.4 Å². The van der Waals surface area contributed by atoms with E-state index in [-0.39, 0.29) is 11.9 Å². The Labute approximate surface area is 164 Å². The zero-order valence-corrected chi connectivity index (χ0v) is 16.4. The molecule has 5 heteroatoms. The molecule has 0 unspecified atom stereocenters. The number of carbonyl (C=O) groups is 1. The van der Waals surface area contributed by atoms with Gasteiger partial charge in [0.05, 0.1) is 6.04 Å². The Morgan fingerprint density at radius 2 is 1.81 bits per heavy atom. The number of benzene rings is 2. The lowest BCUT2D eigenvalue weighted by Crippen LogP contribution is -2.52. The molecule has 4 rings (SSSR count). The van der Waals surface area contributed by atoms with Crippen molar-refractivity contribution in [2.45, 2.75) is 19.5 Å². The van der Waals surface area contributed by atoms with Crippen LogP contribution in [-0.4, -0.2) is 47.9 Å². The summed E-state index contributed by atoms with van der Waals surface area (Å²) in [6.07, 6.45) is 0. The van der Waals surface area contributed by atoms with Gasteiger partial charge in [0.2, 0.25) is 5.91 Å². The van der Waals surface area contributed by atoms with Crippen LogP contribution in [0.4, 0.5) is 5.69 Å². The van der Waals surface area contributed by atoms with E-state index in [0.29, 0.717) is 0 Å². The lowest BCUT2D eigenvalue weighted by atomic mass is 10.1. The van der Waals surface area contributed by atoms with Crippen LogP contribution in [0, 0.1) is 0 Å². The van der Waals surface area contributed by atoms with Crippen molar-refractivity contribution in [3.63, 3.8) is 0 Å². The van der Waals surface area contributed by atoms with Crippen molar-refractivity contribution in [3.05, 3.63) is 64.9 Å². The van der Waals surface area contributed by atoms with Crippen molar-refractivity contribution in [1.29, 1.82) is 0 Å². The molecule has 0 aliphatic carbocycles. The Balaban J connectivity index is 1.32. The summed E-state index contributed by atoms with van der Waals surface area (Å²) in [6.45, 7) is 6.89. The summed E-state index contributed by atoms with van der Waals surface area (Å²) in [4.78, 5) is 18.9. The van der Waals surface area contributed by atoms with Crippen LogP contribution in [0.2, 0.25) is 0 Å². The maximum Gasteiger partial charge on any atom is 0.241 e. The van der Waals surface area contributed by atoms with Crippen LogP contribution in [-0.2, 0) is 11.3 Å². The van der Waals surface area contributed by atoms with Crippen LogP contribution in [0.1, 0.15) is 11.8 Å². The number of thiophene rings is 1. The Morgan fingerprint density at radius 3 is 2.56 bits per heavy atom. The summed E-state index contributed by atoms with van der Waals surface area (Å²) in [7, 11) is 0. The van der Waals surface area contributed by atoms with E-state index in [2.05, 4.69) is 50.8 Å². The minimum Gasteiger partial charge on any atom is -0.325 e. The van der Waals surface area contributed by atoms with Crippen molar-refractivity contribution < 1.29 is 4.79 Å². The average Bonchev–Trinajstić information content (AvgIpc) is 3.21. The van der Waals surface area contributed by atoms with Gasteiger partial charge in [-0.15, -0.1) is 11.3 Å². The first-order valence-corrected chi connectivity index (χ1v) is 10.4. The molecule has 1 N–H and O–H groups in total. The van der Waals surface area contributed by atoms with Crippen molar-refractivity contribution in [2.24, 2.45) is 0 Å². The Bertz CT molecular complexity index is 901. The fourth-order valence-electron chi connectivity index (χ4n) is 3.61. The lowest BCUT2D eigenvalue weighted by Gasteiger charge is -2.37. The van der Waals surface area contributed by atoms with Gasteiger partial charge in [-0.25, -0.2) is 0 Å². The number of hydrogen-bond donors (Lipinski definition) is 1. The molecule has 1 amide bonds. The van der Waals surface area contributed by atoms with Gasteiger partial charge in [0, 0.05) is 43.3 Å². The molecule has 0 spiro atoms. The summed E-state index contributed by atoms with van der Waals surface area (Å²) in [5.74, 6) is 0.0667. The van der Waals surface area contributed by atoms with Crippen LogP contribution < -0.4 is 5.32 Å². The van der Waals surface area contributed by atoms with Crippen LogP contribution in [0.15, 0.2) is 60.0 Å². The molecule has 0 radical (unpaired) electrons. The normalized spacial score (nSPS) is 17.1. The fourth-order valence-corrected chi connectivity index (χ4v) is 4.36. The van der Waals surface area contributed by atoms with Crippen LogP contribution in [0.5, 0.6) is 0 Å². The number of amides is 1. The minimum atomic E-state index is -0.125. The van der Waals surface area contributed by atoms with Crippen molar-refractivity contribution >= 4 is 33.7 Å². The van der Waals surface area contributed by atoms with E-state index >= 15 is 0 Å². The lowest BCUT2D eigenvalue weighted by molar-refractivity contribution is -0.121. The third-order valence-corrected chi connectivity index (χ3v) is 6.17. The first kappa shape index (κ1) is 18.2. The predicted molar refractivity (Wildman–Crippen MR) is 113 cm³/mol. The summed E-state index contributed by atoms with van der Waals surface area (Å²) < 4.78 is 0. The molecule has 27 heavy (non-hydrogen) atoms. The smallest absolute Gasteiger partial charge is 0.241 e. The monoisotopic (exact) mass is 379 g/mol. The van der Waals surface area contributed by atoms with E-state index in [1.807, 2.05) is 42.5 Å². The molecule has 1 fully saturated rings. The number of carbonyl (C=O) groups excluding carboxylic acids is 1. The highest BCUT2D eigenvalue weighted by molar-refractivity contribution is 7.09. The second kappa shape index (κ2) is 8.21. The van der Waals surface area contributed by atoms with Gasteiger partial charge in [-0.2, -0.15) is 0 Å². The Morgan fingerprint density at radius 1 is 1.04 bits per heavy atom. The molecule has 1 atom stereocenters. The van der Waals surface area contributed by atoms with Gasteiger partial charge in [0.1, 0.15) is 0 Å². The number of nitrogens with one attached hydrogen (secondary N) is 1. The fraction of sp³-hybridized carbons (Fsp3) is 0.318. The maximum absolute atomic E-state index is 12.7. The van der Waals surface area contributed by atoms with E-state index in [4.69, 9.17) is 0 Å². The third-order valence-electron chi connectivity index (χ3n) is 5.31. The largest absolute Gasteiger partial charge is 0.325 e. The van der Waals surface area contributed by atoms with Crippen LogP contribution in [0.3, 0.4) is 0 Å². The van der Waals surface area contributed by atoms with E-state index < -0.39 is 0 Å². The van der Waals surface area contributed by atoms with Crippen molar-refractivity contribution in [1.82, 2.24) is 9.80 Å². The molecule has 1 aliphatic heterocycles. The Hall–Kier alpha value is -2.21. The molecule has 2 aromatic carbocycles. The van der Waals surface area contributed by atoms with Crippen LogP contribution in [0.25, 0.3) is 10.8 Å². The first-order valence-electron chi connectivity index (χ1n) is 9.47. The minimum absolute atomic E-state index is 0.0667. The summed E-state index contributed by atoms with van der Waals surface area (Å²) in [6, 6.07) is 18.4. The summed E-state index contributed by atoms with van der Waals surface area (Å²) >= 11 is 1.81. The Kier molecular flexibility index (Phi) is 5.53. The van der Waals surface area contributed by atoms with Gasteiger partial charge in [-0.05, 0) is 41.3 Å². The average molecular weight is 380 g/mol. The van der Waals surface area contributed by atoms with Crippen molar-refractivity contribution in [2.75, 3.05) is 31.5 Å². The molecular weight excluding hydrogens is 354 g/mol. The summed E-state index contributed by atoms with van der Waals surface area (Å²) in [5, 5.41) is 7.55. The third kappa shape index (κ3) is 4.38. The standard InChI is InChI=1S/C22H25N3OS/c1-17(25-12-10-24(11-13-25)16-21-7-4-14-27-21)22(26)23-20-9-8-18-5-2-3-6-19(18)15-20/h2-9,14-15,17H,10-13,16H2,1H3,(H,23,26)/t17-/m1/s1. The number of hydrogen-bond acceptors (Lipinski definition) is 4. The number of fused-ring (bicyclic) bond motifs is 1. The highest BCUT2D eigenvalue weighted by Crippen LogP contribution is 2.20. The van der Waals surface area contributed by atoms with Gasteiger partial charge in [0.25, 0.3) is 0 Å². The quantitative estimate of drug-likeness (QED) is 0.727. The molecule has 0 bridgehead atoms. The molecule has 3 aromatic rings. The molecule has 1 aromatic heterocycles. The highest BCUT2D eigenvalue weighted by atomic mass is 32.1. The maximum atomic E-state index is 12.7. The van der Waals surface area contributed by atoms with E-state index in [9.17, 15) is 4.79 Å². The number of nitrogens with zero attached hydrogens (tertiary/aromatic N) is 2. The van der Waals surface area contributed by atoms with Gasteiger partial charge >= 0.3 is 0 Å². The topological polar surface area (TPSA) is 35.6 Å². The number of anilines is 1. The number of piperazine rings is 1. The second-order valence-corrected chi connectivity index (χ2v) is 8.15. The molecule has 0 saturated carbocycles. The number of rotatable bonds is 5. The molecule has 1 aliphatic rings. The van der Waals surface area contributed by atoms with Gasteiger partial charge in [-0.3, -0.25) is 14.6 Å². The summed E-state index contributed by atoms with van der Waals surface area (Å²) in [5.41, 5.74) is 0.863. The molecule has 140 valence electrons. The SMILES string of the molecule is C[C@H](C(=O)Nc1ccc2ccccc2c1)N1CCN(Cc2cccs2)CC1. The van der Waals surface area contributed by atoms with E-state index in [1.165, 1.54) is 10.3 Å². The highest BCUT2D eigenvalue weighted by Gasteiger charge is 2.25. The molecule has 1 saturated heterocycles. The van der Waals surface area contributed by atoms with Gasteiger partial charge in [0.15, 0.2) is 0 Å². The van der Waals surface area contributed by atoms with E-state index in [1.54, 1.807) is 0 Å². The zero-order chi connectivity index (χ0) is 18.6. The molecular formula is C22H25N3OS. The molecule has 2 heterocycles. The van der Waals surface area contributed by atoms with Gasteiger partial charge < -0.3 is 5.32 Å².